The van der Waals surface area contributed by atoms with Crippen LogP contribution in [-0.4, -0.2) is 19.1 Å². The van der Waals surface area contributed by atoms with Crippen LogP contribution in [0.3, 0.4) is 0 Å². The number of nitrogens with two attached hydrogens (primary N) is 1. The molecule has 2 rings (SSSR count). The van der Waals surface area contributed by atoms with E-state index in [1.807, 2.05) is 24.3 Å². The van der Waals surface area contributed by atoms with Crippen molar-refractivity contribution in [3.63, 3.8) is 0 Å². The van der Waals surface area contributed by atoms with Gasteiger partial charge in [-0.1, -0.05) is 19.8 Å². The number of hydrogen-bond donors (Lipinski definition) is 2. The molecule has 0 aliphatic heterocycles. The van der Waals surface area contributed by atoms with Crippen LogP contribution in [0.1, 0.15) is 39.0 Å². The largest absolute Gasteiger partial charge is 0.494 e. The lowest BCUT2D eigenvalue weighted by Crippen LogP contribution is -2.40. The van der Waals surface area contributed by atoms with Gasteiger partial charge >= 0.3 is 0 Å². The molecule has 20 heavy (non-hydrogen) atoms. The summed E-state index contributed by atoms with van der Waals surface area (Å²) in [5, 5.41) is 2.98. The van der Waals surface area contributed by atoms with Gasteiger partial charge in [-0.2, -0.15) is 0 Å². The van der Waals surface area contributed by atoms with E-state index in [1.165, 1.54) is 0 Å². The van der Waals surface area contributed by atoms with Crippen molar-refractivity contribution in [3.8, 4) is 5.75 Å². The van der Waals surface area contributed by atoms with Crippen molar-refractivity contribution in [2.24, 2.45) is 11.1 Å². The van der Waals surface area contributed by atoms with Crippen LogP contribution in [0.25, 0.3) is 0 Å². The summed E-state index contributed by atoms with van der Waals surface area (Å²) in [6.07, 6.45) is 4.96. The second-order valence-corrected chi connectivity index (χ2v) is 5.52. The van der Waals surface area contributed by atoms with Gasteiger partial charge in [0.2, 0.25) is 5.91 Å². The third kappa shape index (κ3) is 3.31. The first-order valence-electron chi connectivity index (χ1n) is 7.44. The van der Waals surface area contributed by atoms with Crippen LogP contribution < -0.4 is 15.8 Å². The van der Waals surface area contributed by atoms with Crippen molar-refractivity contribution in [2.45, 2.75) is 39.0 Å². The molecule has 0 unspecified atom stereocenters. The highest BCUT2D eigenvalue weighted by atomic mass is 16.5. The lowest BCUT2D eigenvalue weighted by atomic mass is 9.85. The quantitative estimate of drug-likeness (QED) is 0.839. The Bertz CT molecular complexity index is 436. The molecule has 1 aliphatic rings. The van der Waals surface area contributed by atoms with E-state index in [9.17, 15) is 4.79 Å². The number of anilines is 1. The van der Waals surface area contributed by atoms with Crippen LogP contribution in [0.15, 0.2) is 24.3 Å². The first kappa shape index (κ1) is 14.9. The number of carbonyl (C=O) groups excluding carboxylic acids is 1. The molecular formula is C16H24N2O2. The molecule has 1 saturated carbocycles. The second-order valence-electron chi connectivity index (χ2n) is 5.52. The van der Waals surface area contributed by atoms with E-state index in [0.29, 0.717) is 13.2 Å². The van der Waals surface area contributed by atoms with Gasteiger partial charge in [0.05, 0.1) is 12.0 Å². The highest BCUT2D eigenvalue weighted by molar-refractivity contribution is 5.95. The molecule has 3 N–H and O–H groups in total. The predicted octanol–water partition coefficient (Wildman–Crippen LogP) is 2.93. The number of rotatable bonds is 6. The van der Waals surface area contributed by atoms with Crippen molar-refractivity contribution in [1.82, 2.24) is 0 Å². The lowest BCUT2D eigenvalue weighted by molar-refractivity contribution is -0.124. The lowest BCUT2D eigenvalue weighted by Gasteiger charge is -2.25. The maximum atomic E-state index is 12.4. The monoisotopic (exact) mass is 276 g/mol. The van der Waals surface area contributed by atoms with Crippen LogP contribution in [0.2, 0.25) is 0 Å². The summed E-state index contributed by atoms with van der Waals surface area (Å²) in [6.45, 7) is 3.21. The van der Waals surface area contributed by atoms with Gasteiger partial charge < -0.3 is 15.8 Å². The Balaban J connectivity index is 1.97. The summed E-state index contributed by atoms with van der Waals surface area (Å²) in [6, 6.07) is 7.52. The van der Waals surface area contributed by atoms with Crippen molar-refractivity contribution in [3.05, 3.63) is 24.3 Å². The topological polar surface area (TPSA) is 64.3 Å². The molecule has 1 aromatic carbocycles. The van der Waals surface area contributed by atoms with Crippen molar-refractivity contribution < 1.29 is 9.53 Å². The van der Waals surface area contributed by atoms with Gasteiger partial charge in [-0.05, 0) is 43.5 Å². The molecule has 0 spiro atoms. The molecule has 0 saturated heterocycles. The smallest absolute Gasteiger partial charge is 0.231 e. The van der Waals surface area contributed by atoms with E-state index >= 15 is 0 Å². The summed E-state index contributed by atoms with van der Waals surface area (Å²) in [5.74, 6) is 0.888. The number of benzene rings is 1. The van der Waals surface area contributed by atoms with Gasteiger partial charge in [0, 0.05) is 12.2 Å². The summed E-state index contributed by atoms with van der Waals surface area (Å²) in [7, 11) is 0. The summed E-state index contributed by atoms with van der Waals surface area (Å²) < 4.78 is 5.52. The van der Waals surface area contributed by atoms with E-state index in [0.717, 1.165) is 43.5 Å². The van der Waals surface area contributed by atoms with E-state index in [1.54, 1.807) is 0 Å². The number of hydrogen-bond acceptors (Lipinski definition) is 3. The molecule has 4 nitrogen and oxygen atoms in total. The maximum absolute atomic E-state index is 12.4. The minimum absolute atomic E-state index is 0.0553. The highest BCUT2D eigenvalue weighted by Gasteiger charge is 2.39. The van der Waals surface area contributed by atoms with Gasteiger partial charge in [-0.25, -0.2) is 0 Å². The highest BCUT2D eigenvalue weighted by Crippen LogP contribution is 2.38. The zero-order valence-electron chi connectivity index (χ0n) is 12.2. The molecule has 1 amide bonds. The van der Waals surface area contributed by atoms with Crippen molar-refractivity contribution in [2.75, 3.05) is 18.5 Å². The van der Waals surface area contributed by atoms with Gasteiger partial charge in [-0.15, -0.1) is 0 Å². The zero-order valence-corrected chi connectivity index (χ0v) is 12.2. The molecule has 1 fully saturated rings. The average Bonchev–Trinajstić information content (AvgIpc) is 2.97. The minimum atomic E-state index is -0.364. The average molecular weight is 276 g/mol. The molecule has 4 heteroatoms. The summed E-state index contributed by atoms with van der Waals surface area (Å²) in [4.78, 5) is 12.4. The number of carbonyl (C=O) groups is 1. The number of amides is 1. The Morgan fingerprint density at radius 1 is 1.30 bits per heavy atom. The number of nitrogens with one attached hydrogen (secondary N) is 1. The zero-order chi connectivity index (χ0) is 14.4. The molecule has 0 atom stereocenters. The Kier molecular flexibility index (Phi) is 5.01. The fraction of sp³-hybridized carbons (Fsp3) is 0.562. The van der Waals surface area contributed by atoms with Crippen LogP contribution in [0.4, 0.5) is 5.69 Å². The third-order valence-corrected chi connectivity index (χ3v) is 4.02. The Morgan fingerprint density at radius 2 is 1.95 bits per heavy atom. The standard InChI is InChI=1S/C16H24N2O2/c1-2-11-20-14-7-5-13(6-8-14)18-15(19)16(12-17)9-3-4-10-16/h5-8H,2-4,9-12,17H2,1H3,(H,18,19). The third-order valence-electron chi connectivity index (χ3n) is 4.02. The van der Waals surface area contributed by atoms with E-state index < -0.39 is 0 Å². The van der Waals surface area contributed by atoms with E-state index in [-0.39, 0.29) is 11.3 Å². The molecule has 1 aromatic rings. The van der Waals surface area contributed by atoms with E-state index in [4.69, 9.17) is 10.5 Å². The minimum Gasteiger partial charge on any atom is -0.494 e. The molecule has 0 radical (unpaired) electrons. The number of ether oxygens (including phenoxy) is 1. The summed E-state index contributed by atoms with van der Waals surface area (Å²) in [5.41, 5.74) is 6.26. The van der Waals surface area contributed by atoms with Gasteiger partial charge in [0.1, 0.15) is 5.75 Å². The summed E-state index contributed by atoms with van der Waals surface area (Å²) >= 11 is 0. The first-order valence-corrected chi connectivity index (χ1v) is 7.44. The molecule has 0 heterocycles. The van der Waals surface area contributed by atoms with Crippen LogP contribution in [0.5, 0.6) is 5.75 Å². The van der Waals surface area contributed by atoms with Crippen LogP contribution in [0, 0.1) is 5.41 Å². The maximum Gasteiger partial charge on any atom is 0.231 e. The Morgan fingerprint density at radius 3 is 2.50 bits per heavy atom. The van der Waals surface area contributed by atoms with E-state index in [2.05, 4.69) is 12.2 Å². The predicted molar refractivity (Wildman–Crippen MR) is 80.8 cm³/mol. The van der Waals surface area contributed by atoms with Crippen LogP contribution in [-0.2, 0) is 4.79 Å². The van der Waals surface area contributed by atoms with Crippen LogP contribution >= 0.6 is 0 Å². The SMILES string of the molecule is CCCOc1ccc(NC(=O)C2(CN)CCCC2)cc1. The molecule has 110 valence electrons. The van der Waals surface area contributed by atoms with Gasteiger partial charge in [-0.3, -0.25) is 4.79 Å². The van der Waals surface area contributed by atoms with Gasteiger partial charge in [0.15, 0.2) is 0 Å². The van der Waals surface area contributed by atoms with Gasteiger partial charge in [0.25, 0.3) is 0 Å². The molecular weight excluding hydrogens is 252 g/mol. The first-order chi connectivity index (χ1) is 9.70. The second kappa shape index (κ2) is 6.75. The Labute approximate surface area is 120 Å². The molecule has 0 bridgehead atoms. The Hall–Kier alpha value is -1.55. The normalized spacial score (nSPS) is 16.9. The fourth-order valence-corrected chi connectivity index (χ4v) is 2.69. The molecule has 1 aliphatic carbocycles. The van der Waals surface area contributed by atoms with Crippen molar-refractivity contribution >= 4 is 11.6 Å². The van der Waals surface area contributed by atoms with Crippen molar-refractivity contribution in [1.29, 1.82) is 0 Å². The molecule has 0 aromatic heterocycles. The fourth-order valence-electron chi connectivity index (χ4n) is 2.69.